The first-order valence-electron chi connectivity index (χ1n) is 11.2. The first-order valence-corrected chi connectivity index (χ1v) is 11.2. The maximum atomic E-state index is 13.7. The maximum absolute atomic E-state index is 13.7. The highest BCUT2D eigenvalue weighted by atomic mass is 19.1. The number of carbonyl (C=O) groups excluding carboxylic acids is 2. The summed E-state index contributed by atoms with van der Waals surface area (Å²) >= 11 is 0. The Morgan fingerprint density at radius 2 is 1.91 bits per heavy atom. The number of aryl methyl sites for hydroxylation is 2. The molecule has 2 aromatic carbocycles. The molecule has 0 atom stereocenters. The summed E-state index contributed by atoms with van der Waals surface area (Å²) in [6.45, 7) is 2.05. The van der Waals surface area contributed by atoms with Crippen molar-refractivity contribution in [2.75, 3.05) is 11.9 Å². The predicted molar refractivity (Wildman–Crippen MR) is 123 cm³/mol. The number of hydrogen-bond donors (Lipinski definition) is 2. The quantitative estimate of drug-likeness (QED) is 0.597. The van der Waals surface area contributed by atoms with E-state index in [0.29, 0.717) is 24.1 Å². The lowest BCUT2D eigenvalue weighted by Crippen LogP contribution is -2.26. The van der Waals surface area contributed by atoms with Crippen LogP contribution in [0.2, 0.25) is 0 Å². The van der Waals surface area contributed by atoms with E-state index in [0.717, 1.165) is 48.2 Å². The lowest BCUT2D eigenvalue weighted by Gasteiger charge is -2.20. The number of nitrogens with zero attached hydrogens (tertiary/aromatic N) is 2. The number of hydrogen-bond acceptors (Lipinski definition) is 3. The molecule has 6 nitrogen and oxygen atoms in total. The van der Waals surface area contributed by atoms with E-state index in [-0.39, 0.29) is 23.5 Å². The van der Waals surface area contributed by atoms with E-state index in [1.54, 1.807) is 19.1 Å². The molecule has 168 valence electrons. The van der Waals surface area contributed by atoms with E-state index < -0.39 is 0 Å². The Morgan fingerprint density at radius 3 is 2.66 bits per heavy atom. The molecule has 0 unspecified atom stereocenters. The Labute approximate surface area is 187 Å². The SMILES string of the molecule is Cc1ccc(C(=O)NCCc2nc3cc(NC(=O)C4CCCCC4)ccc3n2C)cc1F. The number of aromatic nitrogens is 2. The lowest BCUT2D eigenvalue weighted by atomic mass is 9.88. The van der Waals surface area contributed by atoms with Gasteiger partial charge in [0.1, 0.15) is 11.6 Å². The van der Waals surface area contributed by atoms with Crippen LogP contribution in [-0.2, 0) is 18.3 Å². The Balaban J connectivity index is 1.38. The molecule has 0 radical (unpaired) electrons. The zero-order chi connectivity index (χ0) is 22.7. The molecule has 1 aliphatic rings. The summed E-state index contributed by atoms with van der Waals surface area (Å²) in [6.07, 6.45) is 5.92. The Kier molecular flexibility index (Phi) is 6.53. The Hall–Kier alpha value is -3.22. The third-order valence-electron chi connectivity index (χ3n) is 6.29. The van der Waals surface area contributed by atoms with Crippen molar-refractivity contribution in [1.29, 1.82) is 0 Å². The Bertz CT molecular complexity index is 1150. The average Bonchev–Trinajstić information content (AvgIpc) is 3.11. The molecule has 0 aliphatic heterocycles. The second-order valence-electron chi connectivity index (χ2n) is 8.58. The number of anilines is 1. The number of halogens is 1. The van der Waals surface area contributed by atoms with Crippen molar-refractivity contribution in [3.05, 3.63) is 59.2 Å². The minimum absolute atomic E-state index is 0.0930. The van der Waals surface area contributed by atoms with Gasteiger partial charge in [-0.1, -0.05) is 25.3 Å². The Morgan fingerprint density at radius 1 is 1.12 bits per heavy atom. The molecule has 0 saturated heterocycles. The summed E-state index contributed by atoms with van der Waals surface area (Å²) in [7, 11) is 1.93. The number of amides is 2. The van der Waals surface area contributed by atoms with E-state index in [9.17, 15) is 14.0 Å². The molecule has 1 fully saturated rings. The number of fused-ring (bicyclic) bond motifs is 1. The van der Waals surface area contributed by atoms with Crippen molar-refractivity contribution < 1.29 is 14.0 Å². The van der Waals surface area contributed by atoms with Crippen LogP contribution in [0.4, 0.5) is 10.1 Å². The van der Waals surface area contributed by atoms with Crippen molar-refractivity contribution >= 4 is 28.5 Å². The highest BCUT2D eigenvalue weighted by Crippen LogP contribution is 2.26. The van der Waals surface area contributed by atoms with Gasteiger partial charge in [0, 0.05) is 37.2 Å². The van der Waals surface area contributed by atoms with Gasteiger partial charge in [-0.2, -0.15) is 0 Å². The van der Waals surface area contributed by atoms with Crippen LogP contribution in [-0.4, -0.2) is 27.9 Å². The van der Waals surface area contributed by atoms with Crippen LogP contribution in [0, 0.1) is 18.7 Å². The predicted octanol–water partition coefficient (Wildman–Crippen LogP) is 4.51. The van der Waals surface area contributed by atoms with E-state index >= 15 is 0 Å². The van der Waals surface area contributed by atoms with E-state index in [4.69, 9.17) is 0 Å². The standard InChI is InChI=1S/C25H29FN4O2/c1-16-8-9-18(14-20(16)26)24(31)27-13-12-23-29-21-15-19(10-11-22(21)30(23)2)28-25(32)17-6-4-3-5-7-17/h8-11,14-15,17H,3-7,12-13H2,1-2H3,(H,27,31)(H,28,32). The van der Waals surface area contributed by atoms with Gasteiger partial charge in [0.25, 0.3) is 5.91 Å². The van der Waals surface area contributed by atoms with Crippen LogP contribution in [0.3, 0.4) is 0 Å². The summed E-state index contributed by atoms with van der Waals surface area (Å²) in [5, 5.41) is 5.86. The van der Waals surface area contributed by atoms with Gasteiger partial charge in [-0.25, -0.2) is 9.37 Å². The van der Waals surface area contributed by atoms with Crippen LogP contribution < -0.4 is 10.6 Å². The summed E-state index contributed by atoms with van der Waals surface area (Å²) in [5.74, 6) is 0.320. The fraction of sp³-hybridized carbons (Fsp3) is 0.400. The second kappa shape index (κ2) is 9.51. The number of imidazole rings is 1. The molecule has 1 saturated carbocycles. The van der Waals surface area contributed by atoms with Crippen LogP contribution in [0.1, 0.15) is 53.8 Å². The number of nitrogens with one attached hydrogen (secondary N) is 2. The minimum Gasteiger partial charge on any atom is -0.352 e. The van der Waals surface area contributed by atoms with Gasteiger partial charge in [0.2, 0.25) is 5.91 Å². The molecule has 32 heavy (non-hydrogen) atoms. The zero-order valence-electron chi connectivity index (χ0n) is 18.6. The lowest BCUT2D eigenvalue weighted by molar-refractivity contribution is -0.120. The molecular formula is C25H29FN4O2. The summed E-state index contributed by atoms with van der Waals surface area (Å²) in [6, 6.07) is 10.2. The fourth-order valence-corrected chi connectivity index (χ4v) is 4.28. The van der Waals surface area contributed by atoms with Crippen molar-refractivity contribution in [2.24, 2.45) is 13.0 Å². The fourth-order valence-electron chi connectivity index (χ4n) is 4.28. The molecule has 1 aliphatic carbocycles. The van der Waals surface area contributed by atoms with Crippen molar-refractivity contribution in [1.82, 2.24) is 14.9 Å². The molecule has 1 heterocycles. The van der Waals surface area contributed by atoms with Crippen LogP contribution >= 0.6 is 0 Å². The molecule has 0 spiro atoms. The van der Waals surface area contributed by atoms with Gasteiger partial charge in [-0.05, 0) is 55.7 Å². The monoisotopic (exact) mass is 436 g/mol. The van der Waals surface area contributed by atoms with Gasteiger partial charge in [-0.3, -0.25) is 9.59 Å². The number of carbonyl (C=O) groups is 2. The first-order chi connectivity index (χ1) is 15.4. The van der Waals surface area contributed by atoms with Crippen molar-refractivity contribution in [2.45, 2.75) is 45.4 Å². The molecule has 4 rings (SSSR count). The van der Waals surface area contributed by atoms with Gasteiger partial charge in [0.15, 0.2) is 0 Å². The number of rotatable bonds is 6. The summed E-state index contributed by atoms with van der Waals surface area (Å²) in [4.78, 5) is 29.5. The van der Waals surface area contributed by atoms with Crippen LogP contribution in [0.15, 0.2) is 36.4 Å². The van der Waals surface area contributed by atoms with E-state index in [1.807, 2.05) is 29.8 Å². The average molecular weight is 437 g/mol. The third kappa shape index (κ3) is 4.82. The maximum Gasteiger partial charge on any atom is 0.251 e. The zero-order valence-corrected chi connectivity index (χ0v) is 18.6. The topological polar surface area (TPSA) is 76.0 Å². The normalized spacial score (nSPS) is 14.5. The molecule has 3 aromatic rings. The van der Waals surface area contributed by atoms with E-state index in [2.05, 4.69) is 15.6 Å². The summed E-state index contributed by atoms with van der Waals surface area (Å²) < 4.78 is 15.7. The number of benzene rings is 2. The molecule has 2 N–H and O–H groups in total. The van der Waals surface area contributed by atoms with Gasteiger partial charge < -0.3 is 15.2 Å². The molecule has 2 amide bonds. The smallest absolute Gasteiger partial charge is 0.251 e. The molecular weight excluding hydrogens is 407 g/mol. The highest BCUT2D eigenvalue weighted by Gasteiger charge is 2.21. The molecule has 7 heteroatoms. The molecule has 1 aromatic heterocycles. The third-order valence-corrected chi connectivity index (χ3v) is 6.29. The first kappa shape index (κ1) is 22.0. The second-order valence-corrected chi connectivity index (χ2v) is 8.58. The summed E-state index contributed by atoms with van der Waals surface area (Å²) in [5.41, 5.74) is 3.33. The minimum atomic E-state index is -0.389. The van der Waals surface area contributed by atoms with Gasteiger partial charge in [0.05, 0.1) is 11.0 Å². The van der Waals surface area contributed by atoms with Crippen LogP contribution in [0.25, 0.3) is 11.0 Å². The van der Waals surface area contributed by atoms with Crippen LogP contribution in [0.5, 0.6) is 0 Å². The van der Waals surface area contributed by atoms with Gasteiger partial charge in [-0.15, -0.1) is 0 Å². The largest absolute Gasteiger partial charge is 0.352 e. The van der Waals surface area contributed by atoms with Crippen molar-refractivity contribution in [3.8, 4) is 0 Å². The van der Waals surface area contributed by atoms with E-state index in [1.165, 1.54) is 12.5 Å². The van der Waals surface area contributed by atoms with Crippen molar-refractivity contribution in [3.63, 3.8) is 0 Å². The van der Waals surface area contributed by atoms with Gasteiger partial charge >= 0.3 is 0 Å². The highest BCUT2D eigenvalue weighted by molar-refractivity contribution is 5.95. The molecule has 0 bridgehead atoms.